The maximum atomic E-state index is 11.8. The van der Waals surface area contributed by atoms with Gasteiger partial charge in [0.1, 0.15) is 11.4 Å². The standard InChI is InChI=1S/C14H16N4O3/c1-10-14(18(20)21)11(2)17(16-10)9-8-13(19)15-12-6-4-3-5-7-12/h3-7H,8-9H2,1-2H3,(H,15,19). The van der Waals surface area contributed by atoms with Crippen LogP contribution in [0.25, 0.3) is 0 Å². The quantitative estimate of drug-likeness (QED) is 0.675. The molecule has 2 rings (SSSR count). The second kappa shape index (κ2) is 6.17. The zero-order valence-electron chi connectivity index (χ0n) is 11.9. The molecule has 0 radical (unpaired) electrons. The van der Waals surface area contributed by atoms with Crippen LogP contribution in [0.15, 0.2) is 30.3 Å². The number of carbonyl (C=O) groups excluding carboxylic acids is 1. The monoisotopic (exact) mass is 288 g/mol. The minimum atomic E-state index is -0.446. The van der Waals surface area contributed by atoms with Gasteiger partial charge in [-0.05, 0) is 26.0 Å². The summed E-state index contributed by atoms with van der Waals surface area (Å²) in [5.74, 6) is -0.156. The lowest BCUT2D eigenvalue weighted by atomic mass is 10.3. The van der Waals surface area contributed by atoms with Gasteiger partial charge >= 0.3 is 5.69 Å². The summed E-state index contributed by atoms with van der Waals surface area (Å²) < 4.78 is 1.50. The summed E-state index contributed by atoms with van der Waals surface area (Å²) in [4.78, 5) is 22.3. The third kappa shape index (κ3) is 3.44. The van der Waals surface area contributed by atoms with Gasteiger partial charge in [-0.15, -0.1) is 0 Å². The summed E-state index contributed by atoms with van der Waals surface area (Å²) >= 11 is 0. The largest absolute Gasteiger partial charge is 0.326 e. The first kappa shape index (κ1) is 14.7. The molecule has 0 saturated carbocycles. The molecule has 0 aliphatic heterocycles. The van der Waals surface area contributed by atoms with E-state index in [4.69, 9.17) is 0 Å². The molecule has 7 heteroatoms. The second-order valence-electron chi connectivity index (χ2n) is 4.66. The van der Waals surface area contributed by atoms with Crippen LogP contribution in [0.3, 0.4) is 0 Å². The number of aromatic nitrogens is 2. The summed E-state index contributed by atoms with van der Waals surface area (Å²) in [5.41, 5.74) is 1.56. The molecular weight excluding hydrogens is 272 g/mol. The zero-order chi connectivity index (χ0) is 15.4. The number of carbonyl (C=O) groups is 1. The number of rotatable bonds is 5. The van der Waals surface area contributed by atoms with Gasteiger partial charge in [-0.3, -0.25) is 19.6 Å². The van der Waals surface area contributed by atoms with Crippen LogP contribution in [-0.2, 0) is 11.3 Å². The van der Waals surface area contributed by atoms with Crippen molar-refractivity contribution in [1.29, 1.82) is 0 Å². The van der Waals surface area contributed by atoms with Gasteiger partial charge in [-0.25, -0.2) is 0 Å². The van der Waals surface area contributed by atoms with Crippen molar-refractivity contribution in [2.45, 2.75) is 26.8 Å². The fourth-order valence-electron chi connectivity index (χ4n) is 2.12. The van der Waals surface area contributed by atoms with Crippen molar-refractivity contribution in [1.82, 2.24) is 9.78 Å². The van der Waals surface area contributed by atoms with Crippen LogP contribution in [0.2, 0.25) is 0 Å². The Balaban J connectivity index is 1.99. The van der Waals surface area contributed by atoms with Gasteiger partial charge in [0.2, 0.25) is 5.91 Å². The Hall–Kier alpha value is -2.70. The van der Waals surface area contributed by atoms with E-state index < -0.39 is 4.92 Å². The molecule has 0 atom stereocenters. The maximum absolute atomic E-state index is 11.8. The summed E-state index contributed by atoms with van der Waals surface area (Å²) in [5, 5.41) is 17.8. The van der Waals surface area contributed by atoms with E-state index in [1.165, 1.54) is 4.68 Å². The third-order valence-corrected chi connectivity index (χ3v) is 3.13. The molecule has 21 heavy (non-hydrogen) atoms. The van der Waals surface area contributed by atoms with Gasteiger partial charge in [-0.1, -0.05) is 18.2 Å². The Bertz CT molecular complexity index is 664. The minimum absolute atomic E-state index is 0.0125. The third-order valence-electron chi connectivity index (χ3n) is 3.13. The van der Waals surface area contributed by atoms with E-state index in [0.717, 1.165) is 5.69 Å². The van der Waals surface area contributed by atoms with Crippen molar-refractivity contribution in [3.05, 3.63) is 51.8 Å². The van der Waals surface area contributed by atoms with E-state index in [1.807, 2.05) is 18.2 Å². The Kier molecular flexibility index (Phi) is 4.32. The van der Waals surface area contributed by atoms with Crippen LogP contribution in [0.4, 0.5) is 11.4 Å². The Labute approximate surface area is 121 Å². The van der Waals surface area contributed by atoms with Gasteiger partial charge in [0, 0.05) is 12.1 Å². The Morgan fingerprint density at radius 1 is 1.33 bits per heavy atom. The predicted molar refractivity (Wildman–Crippen MR) is 78.0 cm³/mol. The number of hydrogen-bond acceptors (Lipinski definition) is 4. The summed E-state index contributed by atoms with van der Waals surface area (Å²) in [7, 11) is 0. The molecule has 1 heterocycles. The number of benzene rings is 1. The van der Waals surface area contributed by atoms with E-state index in [2.05, 4.69) is 10.4 Å². The first-order chi connectivity index (χ1) is 9.99. The first-order valence-corrected chi connectivity index (χ1v) is 6.52. The lowest BCUT2D eigenvalue weighted by Gasteiger charge is -2.06. The highest BCUT2D eigenvalue weighted by Crippen LogP contribution is 2.21. The van der Waals surface area contributed by atoms with Gasteiger partial charge in [0.15, 0.2) is 0 Å². The molecule has 0 aliphatic carbocycles. The van der Waals surface area contributed by atoms with Crippen LogP contribution in [0, 0.1) is 24.0 Å². The van der Waals surface area contributed by atoms with E-state index in [0.29, 0.717) is 17.9 Å². The normalized spacial score (nSPS) is 10.4. The highest BCUT2D eigenvalue weighted by Gasteiger charge is 2.21. The number of para-hydroxylation sites is 1. The predicted octanol–water partition coefficient (Wildman–Crippen LogP) is 2.44. The lowest BCUT2D eigenvalue weighted by molar-refractivity contribution is -0.386. The Morgan fingerprint density at radius 2 is 2.00 bits per heavy atom. The molecule has 0 fully saturated rings. The van der Waals surface area contributed by atoms with Crippen molar-refractivity contribution in [3.63, 3.8) is 0 Å². The number of nitro groups is 1. The molecular formula is C14H16N4O3. The average Bonchev–Trinajstić information content (AvgIpc) is 2.72. The van der Waals surface area contributed by atoms with Crippen molar-refractivity contribution >= 4 is 17.3 Å². The number of nitrogens with zero attached hydrogens (tertiary/aromatic N) is 3. The fraction of sp³-hybridized carbons (Fsp3) is 0.286. The number of aryl methyl sites for hydroxylation is 2. The van der Waals surface area contributed by atoms with E-state index in [9.17, 15) is 14.9 Å². The molecule has 1 amide bonds. The SMILES string of the molecule is Cc1nn(CCC(=O)Nc2ccccc2)c(C)c1[N+](=O)[O-]. The molecule has 0 aliphatic rings. The van der Waals surface area contributed by atoms with Gasteiger partial charge in [0.25, 0.3) is 0 Å². The minimum Gasteiger partial charge on any atom is -0.326 e. The topological polar surface area (TPSA) is 90.1 Å². The maximum Gasteiger partial charge on any atom is 0.312 e. The summed E-state index contributed by atoms with van der Waals surface area (Å²) in [6, 6.07) is 9.13. The summed E-state index contributed by atoms with van der Waals surface area (Å²) in [6.07, 6.45) is 0.202. The smallest absolute Gasteiger partial charge is 0.312 e. The highest BCUT2D eigenvalue weighted by molar-refractivity contribution is 5.90. The van der Waals surface area contributed by atoms with Crippen LogP contribution >= 0.6 is 0 Å². The number of hydrogen-bond donors (Lipinski definition) is 1. The van der Waals surface area contributed by atoms with Crippen LogP contribution in [0.5, 0.6) is 0 Å². The van der Waals surface area contributed by atoms with Crippen LogP contribution in [-0.4, -0.2) is 20.6 Å². The molecule has 1 aromatic heterocycles. The van der Waals surface area contributed by atoms with Crippen molar-refractivity contribution in [2.75, 3.05) is 5.32 Å². The van der Waals surface area contributed by atoms with Crippen LogP contribution in [0.1, 0.15) is 17.8 Å². The summed E-state index contributed by atoms with van der Waals surface area (Å²) in [6.45, 7) is 3.53. The Morgan fingerprint density at radius 3 is 2.57 bits per heavy atom. The van der Waals surface area contributed by atoms with Gasteiger partial charge in [0.05, 0.1) is 11.5 Å². The zero-order valence-corrected chi connectivity index (χ0v) is 11.9. The number of anilines is 1. The highest BCUT2D eigenvalue weighted by atomic mass is 16.6. The van der Waals surface area contributed by atoms with Gasteiger partial charge < -0.3 is 5.32 Å². The molecule has 7 nitrogen and oxygen atoms in total. The lowest BCUT2D eigenvalue weighted by Crippen LogP contribution is -2.15. The molecule has 0 bridgehead atoms. The van der Waals surface area contributed by atoms with E-state index in [1.54, 1.807) is 26.0 Å². The molecule has 0 spiro atoms. The molecule has 0 saturated heterocycles. The van der Waals surface area contributed by atoms with Crippen molar-refractivity contribution < 1.29 is 9.72 Å². The van der Waals surface area contributed by atoms with Gasteiger partial charge in [-0.2, -0.15) is 5.10 Å². The van der Waals surface area contributed by atoms with Crippen molar-refractivity contribution in [2.24, 2.45) is 0 Å². The second-order valence-corrected chi connectivity index (χ2v) is 4.66. The average molecular weight is 288 g/mol. The number of amides is 1. The number of nitrogens with one attached hydrogen (secondary N) is 1. The molecule has 1 N–H and O–H groups in total. The van der Waals surface area contributed by atoms with E-state index in [-0.39, 0.29) is 18.0 Å². The molecule has 1 aromatic carbocycles. The molecule has 2 aromatic rings. The van der Waals surface area contributed by atoms with E-state index >= 15 is 0 Å². The first-order valence-electron chi connectivity index (χ1n) is 6.52. The van der Waals surface area contributed by atoms with Crippen LogP contribution < -0.4 is 5.32 Å². The van der Waals surface area contributed by atoms with Crippen molar-refractivity contribution in [3.8, 4) is 0 Å². The molecule has 110 valence electrons. The molecule has 0 unspecified atom stereocenters. The fourth-order valence-corrected chi connectivity index (χ4v) is 2.12.